The number of hydrogen-bond acceptors (Lipinski definition) is 4. The van der Waals surface area contributed by atoms with E-state index in [4.69, 9.17) is 0 Å². The van der Waals surface area contributed by atoms with Crippen LogP contribution in [0.3, 0.4) is 0 Å². The molecule has 1 aromatic heterocycles. The highest BCUT2D eigenvalue weighted by atomic mass is 79.9. The van der Waals surface area contributed by atoms with Crippen molar-refractivity contribution in [1.82, 2.24) is 9.88 Å². The lowest BCUT2D eigenvalue weighted by molar-refractivity contribution is 0.267. The quantitative estimate of drug-likeness (QED) is 0.813. The number of benzene rings is 1. The predicted molar refractivity (Wildman–Crippen MR) is 90.2 cm³/mol. The Bertz CT molecular complexity index is 759. The number of halogens is 1. The SMILES string of the molecule is CN1C[C@@H](c2ccc(Br)cc2)C(C#N)(C#N)[C@H]1c1cccnc1. The molecule has 1 aliphatic rings. The van der Waals surface area contributed by atoms with Crippen molar-refractivity contribution in [2.24, 2.45) is 5.41 Å². The summed E-state index contributed by atoms with van der Waals surface area (Å²) < 4.78 is 0.982. The number of rotatable bonds is 2. The largest absolute Gasteiger partial charge is 0.296 e. The molecular formula is C18H15BrN4. The number of likely N-dealkylation sites (tertiary alicyclic amines) is 1. The van der Waals surface area contributed by atoms with Crippen molar-refractivity contribution in [3.05, 3.63) is 64.4 Å². The number of nitriles is 2. The number of pyridine rings is 1. The van der Waals surface area contributed by atoms with E-state index in [1.54, 1.807) is 12.4 Å². The molecule has 114 valence electrons. The molecule has 2 heterocycles. The van der Waals surface area contributed by atoms with E-state index in [0.717, 1.165) is 15.6 Å². The van der Waals surface area contributed by atoms with Crippen molar-refractivity contribution in [2.45, 2.75) is 12.0 Å². The minimum Gasteiger partial charge on any atom is -0.296 e. The van der Waals surface area contributed by atoms with Gasteiger partial charge in [0.15, 0.2) is 5.41 Å². The standard InChI is InChI=1S/C18H15BrN4/c1-23-10-16(13-4-6-15(19)7-5-13)18(11-20,12-21)17(23)14-3-2-8-22-9-14/h2-9,16-17H,10H2,1H3/t16-,17+/m0/s1. The van der Waals surface area contributed by atoms with Crippen LogP contribution in [-0.4, -0.2) is 23.5 Å². The Hall–Kier alpha value is -2.21. The van der Waals surface area contributed by atoms with Crippen LogP contribution in [0, 0.1) is 28.1 Å². The average Bonchev–Trinajstić information content (AvgIpc) is 2.89. The van der Waals surface area contributed by atoms with E-state index >= 15 is 0 Å². The molecule has 4 nitrogen and oxygen atoms in total. The van der Waals surface area contributed by atoms with Gasteiger partial charge in [0.2, 0.25) is 0 Å². The maximum absolute atomic E-state index is 9.92. The molecule has 0 saturated carbocycles. The number of likely N-dealkylation sites (N-methyl/N-ethyl adjacent to an activating group) is 1. The molecule has 0 spiro atoms. The van der Waals surface area contributed by atoms with Gasteiger partial charge in [-0.15, -0.1) is 0 Å². The van der Waals surface area contributed by atoms with Gasteiger partial charge in [-0.3, -0.25) is 9.88 Å². The van der Waals surface area contributed by atoms with Gasteiger partial charge in [-0.2, -0.15) is 10.5 Å². The van der Waals surface area contributed by atoms with E-state index < -0.39 is 5.41 Å². The van der Waals surface area contributed by atoms with Crippen molar-refractivity contribution >= 4 is 15.9 Å². The molecule has 0 N–H and O–H groups in total. The van der Waals surface area contributed by atoms with Gasteiger partial charge >= 0.3 is 0 Å². The van der Waals surface area contributed by atoms with Crippen LogP contribution in [-0.2, 0) is 0 Å². The summed E-state index contributed by atoms with van der Waals surface area (Å²) in [5.41, 5.74) is 0.776. The molecule has 0 radical (unpaired) electrons. The molecule has 1 aliphatic heterocycles. The van der Waals surface area contributed by atoms with Crippen LogP contribution in [0.4, 0.5) is 0 Å². The Labute approximate surface area is 144 Å². The van der Waals surface area contributed by atoms with Crippen LogP contribution in [0.5, 0.6) is 0 Å². The number of hydrogen-bond donors (Lipinski definition) is 0. The molecule has 2 atom stereocenters. The molecule has 0 amide bonds. The molecule has 0 unspecified atom stereocenters. The molecule has 1 aromatic carbocycles. The second kappa shape index (κ2) is 6.12. The van der Waals surface area contributed by atoms with Gasteiger partial charge in [-0.25, -0.2) is 0 Å². The zero-order valence-electron chi connectivity index (χ0n) is 12.6. The van der Waals surface area contributed by atoms with Crippen molar-refractivity contribution in [3.63, 3.8) is 0 Å². The number of aromatic nitrogens is 1. The lowest BCUT2D eigenvalue weighted by Gasteiger charge is -2.28. The van der Waals surface area contributed by atoms with Gasteiger partial charge < -0.3 is 0 Å². The Morgan fingerprint density at radius 1 is 1.17 bits per heavy atom. The van der Waals surface area contributed by atoms with E-state index in [0.29, 0.717) is 6.54 Å². The topological polar surface area (TPSA) is 63.7 Å². The lowest BCUT2D eigenvalue weighted by Crippen LogP contribution is -2.30. The maximum atomic E-state index is 9.92. The van der Waals surface area contributed by atoms with Gasteiger partial charge in [0.05, 0.1) is 18.2 Å². The molecule has 3 rings (SSSR count). The molecule has 2 aromatic rings. The Morgan fingerprint density at radius 2 is 1.87 bits per heavy atom. The summed E-state index contributed by atoms with van der Waals surface area (Å²) in [6.07, 6.45) is 3.44. The average molecular weight is 367 g/mol. The maximum Gasteiger partial charge on any atom is 0.171 e. The van der Waals surface area contributed by atoms with Crippen molar-refractivity contribution < 1.29 is 0 Å². The van der Waals surface area contributed by atoms with E-state index in [9.17, 15) is 10.5 Å². The molecule has 1 fully saturated rings. The highest BCUT2D eigenvalue weighted by Gasteiger charge is 2.55. The van der Waals surface area contributed by atoms with Gasteiger partial charge in [-0.05, 0) is 36.4 Å². The van der Waals surface area contributed by atoms with E-state index in [1.165, 1.54) is 0 Å². The van der Waals surface area contributed by atoms with E-state index in [-0.39, 0.29) is 12.0 Å². The summed E-state index contributed by atoms with van der Waals surface area (Å²) in [6.45, 7) is 0.655. The van der Waals surface area contributed by atoms with Gasteiger partial charge in [-0.1, -0.05) is 34.1 Å². The van der Waals surface area contributed by atoms with Crippen LogP contribution in [0.15, 0.2) is 53.3 Å². The fourth-order valence-corrected chi connectivity index (χ4v) is 3.76. The second-order valence-corrected chi connectivity index (χ2v) is 6.74. The zero-order chi connectivity index (χ0) is 16.4. The molecule has 1 saturated heterocycles. The van der Waals surface area contributed by atoms with Crippen LogP contribution < -0.4 is 0 Å². The monoisotopic (exact) mass is 366 g/mol. The third-order valence-corrected chi connectivity index (χ3v) is 5.06. The highest BCUT2D eigenvalue weighted by Crippen LogP contribution is 2.53. The fraction of sp³-hybridized carbons (Fsp3) is 0.278. The highest BCUT2D eigenvalue weighted by molar-refractivity contribution is 9.10. The fourth-order valence-electron chi connectivity index (χ4n) is 3.50. The first kappa shape index (κ1) is 15.7. The molecule has 23 heavy (non-hydrogen) atoms. The van der Waals surface area contributed by atoms with Crippen LogP contribution in [0.1, 0.15) is 23.1 Å². The first-order valence-electron chi connectivity index (χ1n) is 7.30. The predicted octanol–water partition coefficient (Wildman–Crippen LogP) is 3.65. The Kier molecular flexibility index (Phi) is 4.17. The third kappa shape index (κ3) is 2.53. The molecule has 5 heteroatoms. The minimum atomic E-state index is -1.13. The number of nitrogens with zero attached hydrogens (tertiary/aromatic N) is 4. The smallest absolute Gasteiger partial charge is 0.171 e. The molecular weight excluding hydrogens is 352 g/mol. The van der Waals surface area contributed by atoms with Gasteiger partial charge in [0.25, 0.3) is 0 Å². The summed E-state index contributed by atoms with van der Waals surface area (Å²) in [7, 11) is 1.96. The van der Waals surface area contributed by atoms with Crippen LogP contribution in [0.2, 0.25) is 0 Å². The summed E-state index contributed by atoms with van der Waals surface area (Å²) in [4.78, 5) is 6.24. The summed E-state index contributed by atoms with van der Waals surface area (Å²) >= 11 is 3.43. The Balaban J connectivity index is 2.11. The molecule has 0 bridgehead atoms. The molecule has 0 aliphatic carbocycles. The van der Waals surface area contributed by atoms with Gasteiger partial charge in [0, 0.05) is 29.3 Å². The third-order valence-electron chi connectivity index (χ3n) is 4.53. The van der Waals surface area contributed by atoms with Crippen molar-refractivity contribution in [2.75, 3.05) is 13.6 Å². The lowest BCUT2D eigenvalue weighted by atomic mass is 9.71. The normalized spacial score (nSPS) is 23.1. The van der Waals surface area contributed by atoms with Crippen LogP contribution in [0.25, 0.3) is 0 Å². The zero-order valence-corrected chi connectivity index (χ0v) is 14.2. The second-order valence-electron chi connectivity index (χ2n) is 5.83. The van der Waals surface area contributed by atoms with E-state index in [2.05, 4.69) is 38.0 Å². The summed E-state index contributed by atoms with van der Waals surface area (Å²) in [5.74, 6) is -0.166. The minimum absolute atomic E-state index is 0.166. The summed E-state index contributed by atoms with van der Waals surface area (Å²) in [5, 5.41) is 19.8. The Morgan fingerprint density at radius 3 is 2.43 bits per heavy atom. The van der Waals surface area contributed by atoms with Gasteiger partial charge in [0.1, 0.15) is 0 Å². The van der Waals surface area contributed by atoms with E-state index in [1.807, 2.05) is 43.4 Å². The van der Waals surface area contributed by atoms with Crippen molar-refractivity contribution in [3.8, 4) is 12.1 Å². The van der Waals surface area contributed by atoms with Crippen LogP contribution >= 0.6 is 15.9 Å². The first-order chi connectivity index (χ1) is 11.1. The van der Waals surface area contributed by atoms with Crippen molar-refractivity contribution in [1.29, 1.82) is 10.5 Å². The summed E-state index contributed by atoms with van der Waals surface area (Å²) in [6, 6.07) is 16.0. The first-order valence-corrected chi connectivity index (χ1v) is 8.10.